The highest BCUT2D eigenvalue weighted by atomic mass is 16.6. The molecular formula is C15H24O4. The van der Waals surface area contributed by atoms with Crippen molar-refractivity contribution in [2.24, 2.45) is 0 Å². The second kappa shape index (κ2) is 8.73. The predicted octanol–water partition coefficient (Wildman–Crippen LogP) is 3.15. The maximum atomic E-state index is 11.1. The van der Waals surface area contributed by atoms with Gasteiger partial charge in [-0.05, 0) is 12.8 Å². The third-order valence-corrected chi connectivity index (χ3v) is 3.23. The van der Waals surface area contributed by atoms with Crippen molar-refractivity contribution in [3.05, 3.63) is 11.6 Å². The van der Waals surface area contributed by atoms with E-state index in [1.54, 1.807) is 0 Å². The summed E-state index contributed by atoms with van der Waals surface area (Å²) in [6.07, 6.45) is 9.07. The Balaban J connectivity index is 2.32. The topological polar surface area (TPSA) is 52.6 Å². The molecular weight excluding hydrogens is 244 g/mol. The Kier molecular flexibility index (Phi) is 7.23. The lowest BCUT2D eigenvalue weighted by molar-refractivity contribution is -0.145. The average Bonchev–Trinajstić information content (AvgIpc) is 2.78. The van der Waals surface area contributed by atoms with Gasteiger partial charge in [0.15, 0.2) is 0 Å². The summed E-state index contributed by atoms with van der Waals surface area (Å²) in [6.45, 7) is 3.85. The first kappa shape index (κ1) is 15.7. The molecule has 0 aromatic heterocycles. The Bertz CT molecular complexity index is 333. The molecule has 19 heavy (non-hydrogen) atoms. The fraction of sp³-hybridized carbons (Fsp3) is 0.733. The van der Waals surface area contributed by atoms with Crippen LogP contribution in [-0.2, 0) is 19.1 Å². The molecule has 0 aromatic rings. The minimum absolute atomic E-state index is 0.257. The van der Waals surface area contributed by atoms with Crippen molar-refractivity contribution in [2.75, 3.05) is 6.61 Å². The lowest BCUT2D eigenvalue weighted by atomic mass is 10.0. The van der Waals surface area contributed by atoms with E-state index in [0.717, 1.165) is 24.8 Å². The minimum Gasteiger partial charge on any atom is -0.458 e. The van der Waals surface area contributed by atoms with Crippen LogP contribution in [0.5, 0.6) is 0 Å². The molecule has 0 amide bonds. The van der Waals surface area contributed by atoms with Crippen LogP contribution in [0.3, 0.4) is 0 Å². The van der Waals surface area contributed by atoms with Crippen LogP contribution in [0.4, 0.5) is 0 Å². The van der Waals surface area contributed by atoms with Gasteiger partial charge in [0, 0.05) is 18.6 Å². The van der Waals surface area contributed by atoms with E-state index >= 15 is 0 Å². The summed E-state index contributed by atoms with van der Waals surface area (Å²) in [4.78, 5) is 22.1. The first-order chi connectivity index (χ1) is 9.13. The van der Waals surface area contributed by atoms with Gasteiger partial charge in [-0.25, -0.2) is 4.79 Å². The normalized spacial score (nSPS) is 15.9. The highest BCUT2D eigenvalue weighted by molar-refractivity contribution is 5.85. The molecule has 1 rings (SSSR count). The number of hydrogen-bond donors (Lipinski definition) is 0. The number of ether oxygens (including phenoxy) is 2. The Labute approximate surface area is 115 Å². The van der Waals surface area contributed by atoms with E-state index in [1.807, 2.05) is 0 Å². The zero-order valence-corrected chi connectivity index (χ0v) is 11.9. The van der Waals surface area contributed by atoms with E-state index in [2.05, 4.69) is 6.92 Å². The Morgan fingerprint density at radius 1 is 1.32 bits per heavy atom. The molecule has 4 heteroatoms. The first-order valence-electron chi connectivity index (χ1n) is 7.18. The molecule has 0 N–H and O–H groups in total. The van der Waals surface area contributed by atoms with Crippen LogP contribution in [0.15, 0.2) is 11.6 Å². The molecule has 0 radical (unpaired) electrons. The van der Waals surface area contributed by atoms with Gasteiger partial charge in [-0.1, -0.05) is 39.0 Å². The summed E-state index contributed by atoms with van der Waals surface area (Å²) < 4.78 is 10.1. The lowest BCUT2D eigenvalue weighted by Gasteiger charge is -2.17. The van der Waals surface area contributed by atoms with Gasteiger partial charge in [-0.2, -0.15) is 0 Å². The molecule has 0 saturated heterocycles. The molecule has 0 bridgehead atoms. The number of esters is 2. The number of unbranched alkanes of at least 4 members (excludes halogenated alkanes) is 5. The van der Waals surface area contributed by atoms with Crippen LogP contribution in [0, 0.1) is 0 Å². The van der Waals surface area contributed by atoms with E-state index in [9.17, 15) is 9.59 Å². The van der Waals surface area contributed by atoms with E-state index < -0.39 is 0 Å². The van der Waals surface area contributed by atoms with Crippen molar-refractivity contribution in [1.29, 1.82) is 0 Å². The summed E-state index contributed by atoms with van der Waals surface area (Å²) in [5.74, 6) is -0.647. The Morgan fingerprint density at radius 2 is 2.00 bits per heavy atom. The second-order valence-corrected chi connectivity index (χ2v) is 4.98. The Hall–Kier alpha value is -1.32. The van der Waals surface area contributed by atoms with Gasteiger partial charge in [0.1, 0.15) is 12.7 Å². The highest BCUT2D eigenvalue weighted by Gasteiger charge is 2.23. The molecule has 0 spiro atoms. The average molecular weight is 268 g/mol. The Morgan fingerprint density at radius 3 is 2.58 bits per heavy atom. The van der Waals surface area contributed by atoms with Crippen LogP contribution < -0.4 is 0 Å². The number of hydrogen-bond acceptors (Lipinski definition) is 4. The van der Waals surface area contributed by atoms with Gasteiger partial charge in [-0.15, -0.1) is 0 Å². The summed E-state index contributed by atoms with van der Waals surface area (Å²) >= 11 is 0. The molecule has 1 aliphatic heterocycles. The highest BCUT2D eigenvalue weighted by Crippen LogP contribution is 2.20. The maximum absolute atomic E-state index is 11.1. The monoisotopic (exact) mass is 268 g/mol. The summed E-state index contributed by atoms with van der Waals surface area (Å²) in [5.41, 5.74) is 0.786. The van der Waals surface area contributed by atoms with Crippen LogP contribution in [-0.4, -0.2) is 24.6 Å². The molecule has 0 fully saturated rings. The molecule has 4 nitrogen and oxygen atoms in total. The molecule has 1 aliphatic rings. The number of carbonyl (C=O) groups is 2. The number of rotatable bonds is 9. The van der Waals surface area contributed by atoms with Gasteiger partial charge in [0.2, 0.25) is 0 Å². The van der Waals surface area contributed by atoms with Gasteiger partial charge < -0.3 is 9.47 Å². The summed E-state index contributed by atoms with van der Waals surface area (Å²) in [6, 6.07) is 0. The van der Waals surface area contributed by atoms with E-state index in [1.165, 1.54) is 38.7 Å². The number of cyclic esters (lactones) is 1. The fourth-order valence-electron chi connectivity index (χ4n) is 2.21. The van der Waals surface area contributed by atoms with Crippen LogP contribution in [0.2, 0.25) is 0 Å². The zero-order chi connectivity index (χ0) is 14.1. The zero-order valence-electron chi connectivity index (χ0n) is 11.9. The van der Waals surface area contributed by atoms with Crippen molar-refractivity contribution < 1.29 is 19.1 Å². The van der Waals surface area contributed by atoms with Gasteiger partial charge >= 0.3 is 11.9 Å². The standard InChI is InChI=1S/C15H24O4/c1-3-4-5-6-7-8-9-14(19-12(2)16)13-10-15(17)18-11-13/h10,14H,3-9,11H2,1-2H3. The molecule has 1 atom stereocenters. The van der Waals surface area contributed by atoms with Gasteiger partial charge in [0.25, 0.3) is 0 Å². The molecule has 108 valence electrons. The van der Waals surface area contributed by atoms with Gasteiger partial charge in [-0.3, -0.25) is 4.79 Å². The van der Waals surface area contributed by atoms with Crippen LogP contribution in [0.25, 0.3) is 0 Å². The van der Waals surface area contributed by atoms with Gasteiger partial charge in [0.05, 0.1) is 0 Å². The molecule has 1 heterocycles. The third-order valence-electron chi connectivity index (χ3n) is 3.23. The lowest BCUT2D eigenvalue weighted by Crippen LogP contribution is -2.20. The van der Waals surface area contributed by atoms with Crippen molar-refractivity contribution >= 4 is 11.9 Å². The van der Waals surface area contributed by atoms with E-state index in [0.29, 0.717) is 0 Å². The SMILES string of the molecule is CCCCCCCCC(OC(C)=O)C1=CC(=O)OC1. The maximum Gasteiger partial charge on any atom is 0.331 e. The molecule has 0 aromatic carbocycles. The number of carbonyl (C=O) groups excluding carboxylic acids is 2. The summed E-state index contributed by atoms with van der Waals surface area (Å²) in [5, 5.41) is 0. The predicted molar refractivity (Wildman–Crippen MR) is 72.6 cm³/mol. The van der Waals surface area contributed by atoms with Crippen molar-refractivity contribution in [1.82, 2.24) is 0 Å². The van der Waals surface area contributed by atoms with Crippen molar-refractivity contribution in [3.63, 3.8) is 0 Å². The van der Waals surface area contributed by atoms with E-state index in [-0.39, 0.29) is 24.6 Å². The minimum atomic E-state index is -0.338. The van der Waals surface area contributed by atoms with Crippen LogP contribution in [0.1, 0.15) is 58.8 Å². The van der Waals surface area contributed by atoms with Crippen LogP contribution >= 0.6 is 0 Å². The molecule has 1 unspecified atom stereocenters. The quantitative estimate of drug-likeness (QED) is 0.476. The smallest absolute Gasteiger partial charge is 0.331 e. The fourth-order valence-corrected chi connectivity index (χ4v) is 2.21. The third kappa shape index (κ3) is 6.41. The molecule has 0 saturated carbocycles. The summed E-state index contributed by atoms with van der Waals surface area (Å²) in [7, 11) is 0. The van der Waals surface area contributed by atoms with Crippen molar-refractivity contribution in [2.45, 2.75) is 64.9 Å². The largest absolute Gasteiger partial charge is 0.458 e. The first-order valence-corrected chi connectivity index (χ1v) is 7.18. The van der Waals surface area contributed by atoms with Crippen molar-refractivity contribution in [3.8, 4) is 0 Å². The molecule has 0 aliphatic carbocycles. The second-order valence-electron chi connectivity index (χ2n) is 4.98. The van der Waals surface area contributed by atoms with E-state index in [4.69, 9.17) is 9.47 Å².